The van der Waals surface area contributed by atoms with Crippen LogP contribution in [0.5, 0.6) is 11.5 Å². The highest BCUT2D eigenvalue weighted by Crippen LogP contribution is 2.32. The van der Waals surface area contributed by atoms with Crippen LogP contribution in [0.2, 0.25) is 5.02 Å². The number of carbonyl (C=O) groups is 1. The molecule has 0 atom stereocenters. The molecule has 0 aromatic heterocycles. The normalized spacial score (nSPS) is 9.94. The minimum atomic E-state index is -0.381. The molecule has 1 aromatic rings. The molecular weight excluding hydrogens is 232 g/mol. The summed E-state index contributed by atoms with van der Waals surface area (Å²) in [5, 5.41) is 9.89. The molecule has 16 heavy (non-hydrogen) atoms. The molecule has 0 saturated carbocycles. The minimum Gasteiger partial charge on any atom is -0.504 e. The fourth-order valence-corrected chi connectivity index (χ4v) is 1.47. The molecule has 1 aromatic carbocycles. The Bertz CT molecular complexity index is 390. The Labute approximate surface area is 98.7 Å². The maximum atomic E-state index is 11.2. The van der Waals surface area contributed by atoms with Crippen LogP contribution in [-0.4, -0.2) is 24.8 Å². The van der Waals surface area contributed by atoms with Crippen LogP contribution in [0.3, 0.4) is 0 Å². The summed E-state index contributed by atoms with van der Waals surface area (Å²) in [5.74, 6) is -0.155. The highest BCUT2D eigenvalue weighted by atomic mass is 35.5. The van der Waals surface area contributed by atoms with E-state index in [1.807, 2.05) is 0 Å². The zero-order valence-electron chi connectivity index (χ0n) is 9.12. The number of halogens is 1. The number of hydrogen-bond donors (Lipinski definition) is 1. The molecule has 0 amide bonds. The van der Waals surface area contributed by atoms with Crippen molar-refractivity contribution in [2.24, 2.45) is 0 Å². The zero-order chi connectivity index (χ0) is 12.1. The summed E-state index contributed by atoms with van der Waals surface area (Å²) in [6.07, 6.45) is 0.0320. The van der Waals surface area contributed by atoms with Gasteiger partial charge in [0.1, 0.15) is 0 Å². The Kier molecular flexibility index (Phi) is 4.43. The molecule has 88 valence electrons. The summed E-state index contributed by atoms with van der Waals surface area (Å²) in [6, 6.07) is 2.86. The van der Waals surface area contributed by atoms with Gasteiger partial charge in [0.05, 0.1) is 20.1 Å². The second-order valence-corrected chi connectivity index (χ2v) is 3.50. The summed E-state index contributed by atoms with van der Waals surface area (Å²) in [7, 11) is 1.43. The summed E-state index contributed by atoms with van der Waals surface area (Å²) in [4.78, 5) is 11.2. The molecule has 0 spiro atoms. The average Bonchev–Trinajstić information content (AvgIpc) is 2.23. The van der Waals surface area contributed by atoms with E-state index in [0.29, 0.717) is 17.2 Å². The standard InChI is InChI=1S/C11H13ClO4/c1-3-16-11(14)5-7-4-9(13)10(15-2)6-8(7)12/h4,6,13H,3,5H2,1-2H3. The van der Waals surface area contributed by atoms with Crippen molar-refractivity contribution in [1.29, 1.82) is 0 Å². The largest absolute Gasteiger partial charge is 0.504 e. The van der Waals surface area contributed by atoms with E-state index in [1.165, 1.54) is 19.2 Å². The maximum absolute atomic E-state index is 11.2. The third-order valence-corrected chi connectivity index (χ3v) is 2.34. The lowest BCUT2D eigenvalue weighted by molar-refractivity contribution is -0.142. The molecule has 0 aliphatic rings. The minimum absolute atomic E-state index is 0.0320. The zero-order valence-corrected chi connectivity index (χ0v) is 9.87. The van der Waals surface area contributed by atoms with E-state index in [4.69, 9.17) is 21.1 Å². The summed E-state index contributed by atoms with van der Waals surface area (Å²) in [5.41, 5.74) is 0.512. The molecule has 0 saturated heterocycles. The highest BCUT2D eigenvalue weighted by Gasteiger charge is 2.12. The van der Waals surface area contributed by atoms with Gasteiger partial charge in [-0.2, -0.15) is 0 Å². The van der Waals surface area contributed by atoms with Gasteiger partial charge in [-0.25, -0.2) is 0 Å². The molecule has 0 radical (unpaired) electrons. The molecule has 4 nitrogen and oxygen atoms in total. The highest BCUT2D eigenvalue weighted by molar-refractivity contribution is 6.31. The van der Waals surface area contributed by atoms with Crippen LogP contribution in [-0.2, 0) is 16.0 Å². The number of aromatic hydroxyl groups is 1. The Morgan fingerprint density at radius 3 is 2.75 bits per heavy atom. The number of phenolic OH excluding ortho intramolecular Hbond substituents is 1. The van der Waals surface area contributed by atoms with Crippen molar-refractivity contribution in [3.8, 4) is 11.5 Å². The summed E-state index contributed by atoms with van der Waals surface area (Å²) < 4.78 is 9.67. The van der Waals surface area contributed by atoms with Gasteiger partial charge in [0.25, 0.3) is 0 Å². The van der Waals surface area contributed by atoms with Crippen molar-refractivity contribution < 1.29 is 19.4 Å². The van der Waals surface area contributed by atoms with E-state index in [-0.39, 0.29) is 23.9 Å². The molecule has 1 N–H and O–H groups in total. The lowest BCUT2D eigenvalue weighted by atomic mass is 10.1. The Hall–Kier alpha value is -1.42. The third-order valence-electron chi connectivity index (χ3n) is 1.99. The SMILES string of the molecule is CCOC(=O)Cc1cc(O)c(OC)cc1Cl. The quantitative estimate of drug-likeness (QED) is 0.825. The number of ether oxygens (including phenoxy) is 2. The third kappa shape index (κ3) is 3.03. The Morgan fingerprint density at radius 1 is 1.50 bits per heavy atom. The molecule has 5 heteroatoms. The topological polar surface area (TPSA) is 55.8 Å². The van der Waals surface area contributed by atoms with E-state index in [9.17, 15) is 9.90 Å². The Morgan fingerprint density at radius 2 is 2.19 bits per heavy atom. The van der Waals surface area contributed by atoms with Crippen LogP contribution in [0.25, 0.3) is 0 Å². The van der Waals surface area contributed by atoms with Gasteiger partial charge in [-0.15, -0.1) is 0 Å². The van der Waals surface area contributed by atoms with E-state index in [0.717, 1.165) is 0 Å². The first-order valence-corrected chi connectivity index (χ1v) is 5.17. The predicted octanol–water partition coefficient (Wildman–Crippen LogP) is 2.16. The van der Waals surface area contributed by atoms with Crippen molar-refractivity contribution in [3.05, 3.63) is 22.7 Å². The molecule has 0 heterocycles. The van der Waals surface area contributed by atoms with Gasteiger partial charge in [0.2, 0.25) is 0 Å². The van der Waals surface area contributed by atoms with Crippen molar-refractivity contribution >= 4 is 17.6 Å². The molecule has 0 unspecified atom stereocenters. The van der Waals surface area contributed by atoms with Crippen LogP contribution in [0.15, 0.2) is 12.1 Å². The van der Waals surface area contributed by atoms with Crippen molar-refractivity contribution in [3.63, 3.8) is 0 Å². The lowest BCUT2D eigenvalue weighted by Gasteiger charge is -2.08. The number of benzene rings is 1. The summed E-state index contributed by atoms with van der Waals surface area (Å²) in [6.45, 7) is 2.05. The van der Waals surface area contributed by atoms with Crippen LogP contribution in [0.1, 0.15) is 12.5 Å². The monoisotopic (exact) mass is 244 g/mol. The van der Waals surface area contributed by atoms with Gasteiger partial charge in [-0.3, -0.25) is 4.79 Å². The fourth-order valence-electron chi connectivity index (χ4n) is 1.25. The van der Waals surface area contributed by atoms with Gasteiger partial charge in [0.15, 0.2) is 11.5 Å². The van der Waals surface area contributed by atoms with Crippen LogP contribution in [0.4, 0.5) is 0 Å². The van der Waals surface area contributed by atoms with Crippen LogP contribution < -0.4 is 4.74 Å². The van der Waals surface area contributed by atoms with Crippen molar-refractivity contribution in [2.75, 3.05) is 13.7 Å². The second kappa shape index (κ2) is 5.61. The number of esters is 1. The van der Waals surface area contributed by atoms with Crippen molar-refractivity contribution in [2.45, 2.75) is 13.3 Å². The van der Waals surface area contributed by atoms with E-state index in [2.05, 4.69) is 0 Å². The van der Waals surface area contributed by atoms with Crippen LogP contribution >= 0.6 is 11.6 Å². The average molecular weight is 245 g/mol. The van der Waals surface area contributed by atoms with Gasteiger partial charge in [0, 0.05) is 11.1 Å². The smallest absolute Gasteiger partial charge is 0.310 e. The first kappa shape index (κ1) is 12.6. The first-order chi connectivity index (χ1) is 7.58. The Balaban J connectivity index is 2.89. The predicted molar refractivity (Wildman–Crippen MR) is 60.0 cm³/mol. The fraction of sp³-hybridized carbons (Fsp3) is 0.364. The number of methoxy groups -OCH3 is 1. The molecule has 0 fully saturated rings. The molecular formula is C11H13ClO4. The van der Waals surface area contributed by atoms with Crippen molar-refractivity contribution in [1.82, 2.24) is 0 Å². The van der Waals surface area contributed by atoms with Crippen LogP contribution in [0, 0.1) is 0 Å². The second-order valence-electron chi connectivity index (χ2n) is 3.10. The van der Waals surface area contributed by atoms with Gasteiger partial charge >= 0.3 is 5.97 Å². The summed E-state index contributed by atoms with van der Waals surface area (Å²) >= 11 is 5.93. The number of hydrogen-bond acceptors (Lipinski definition) is 4. The first-order valence-electron chi connectivity index (χ1n) is 4.79. The van der Waals surface area contributed by atoms with E-state index < -0.39 is 0 Å². The number of rotatable bonds is 4. The van der Waals surface area contributed by atoms with Gasteiger partial charge in [-0.05, 0) is 18.6 Å². The van der Waals surface area contributed by atoms with E-state index in [1.54, 1.807) is 6.92 Å². The van der Waals surface area contributed by atoms with Gasteiger partial charge in [-0.1, -0.05) is 11.6 Å². The lowest BCUT2D eigenvalue weighted by Crippen LogP contribution is -2.07. The molecule has 0 aliphatic heterocycles. The maximum Gasteiger partial charge on any atom is 0.310 e. The number of phenols is 1. The van der Waals surface area contributed by atoms with E-state index >= 15 is 0 Å². The molecule has 0 bridgehead atoms. The molecule has 1 rings (SSSR count). The number of carbonyl (C=O) groups excluding carboxylic acids is 1. The van der Waals surface area contributed by atoms with Gasteiger partial charge < -0.3 is 14.6 Å². The molecule has 0 aliphatic carbocycles.